The van der Waals surface area contributed by atoms with Crippen molar-refractivity contribution in [1.29, 1.82) is 0 Å². The number of halogens is 1. The zero-order valence-corrected chi connectivity index (χ0v) is 16.7. The van der Waals surface area contributed by atoms with E-state index >= 15 is 0 Å². The Morgan fingerprint density at radius 2 is 1.52 bits per heavy atom. The molecule has 1 heterocycles. The van der Waals surface area contributed by atoms with Crippen LogP contribution in [0.25, 0.3) is 0 Å². The molecule has 1 N–H and O–H groups in total. The number of hydrogen-bond donors (Lipinski definition) is 1. The summed E-state index contributed by atoms with van der Waals surface area (Å²) in [5.74, 6) is -0.853. The second-order valence-corrected chi connectivity index (χ2v) is 7.17. The van der Waals surface area contributed by atoms with Gasteiger partial charge in [-0.1, -0.05) is 36.4 Å². The van der Waals surface area contributed by atoms with Gasteiger partial charge in [0.1, 0.15) is 5.82 Å². The predicted molar refractivity (Wildman–Crippen MR) is 116 cm³/mol. The molecule has 1 aliphatic heterocycles. The lowest BCUT2D eigenvalue weighted by atomic mass is 10.1. The SMILES string of the molecule is O=C1CC(NCCc2ccccc2F)C(=O)N1c1ccc(N=Nc2ccccc2)cc1. The Hall–Kier alpha value is -3.71. The molecule has 0 spiro atoms. The lowest BCUT2D eigenvalue weighted by molar-refractivity contribution is -0.121. The van der Waals surface area contributed by atoms with E-state index in [-0.39, 0.29) is 24.1 Å². The summed E-state index contributed by atoms with van der Waals surface area (Å²) < 4.78 is 13.7. The minimum Gasteiger partial charge on any atom is -0.305 e. The second-order valence-electron chi connectivity index (χ2n) is 7.17. The van der Waals surface area contributed by atoms with E-state index in [1.54, 1.807) is 42.5 Å². The first-order valence-corrected chi connectivity index (χ1v) is 10.0. The molecule has 0 bridgehead atoms. The van der Waals surface area contributed by atoms with Crippen LogP contribution in [0.2, 0.25) is 0 Å². The standard InChI is InChI=1S/C24H21FN4O2/c25-21-9-5-4-6-17(21)14-15-26-22-16-23(30)29(24(22)31)20-12-10-19(11-13-20)28-27-18-7-2-1-3-8-18/h1-13,22,26H,14-16H2. The molecule has 0 aliphatic carbocycles. The van der Waals surface area contributed by atoms with Gasteiger partial charge in [0.05, 0.1) is 29.5 Å². The van der Waals surface area contributed by atoms with Crippen LogP contribution in [0.1, 0.15) is 12.0 Å². The highest BCUT2D eigenvalue weighted by molar-refractivity contribution is 6.22. The molecule has 7 heteroatoms. The van der Waals surface area contributed by atoms with Crippen molar-refractivity contribution in [1.82, 2.24) is 5.32 Å². The first kappa shape index (κ1) is 20.6. The maximum atomic E-state index is 13.7. The summed E-state index contributed by atoms with van der Waals surface area (Å²) >= 11 is 0. The van der Waals surface area contributed by atoms with Crippen LogP contribution in [0.3, 0.4) is 0 Å². The average Bonchev–Trinajstić information content (AvgIpc) is 3.08. The molecule has 0 radical (unpaired) electrons. The van der Waals surface area contributed by atoms with Gasteiger partial charge >= 0.3 is 0 Å². The first-order chi connectivity index (χ1) is 15.1. The maximum absolute atomic E-state index is 13.7. The molecule has 2 amide bonds. The number of benzene rings is 3. The monoisotopic (exact) mass is 416 g/mol. The van der Waals surface area contributed by atoms with E-state index < -0.39 is 6.04 Å². The maximum Gasteiger partial charge on any atom is 0.251 e. The van der Waals surface area contributed by atoms with Crippen LogP contribution in [0.5, 0.6) is 0 Å². The zero-order valence-electron chi connectivity index (χ0n) is 16.7. The minimum absolute atomic E-state index is 0.0750. The summed E-state index contributed by atoms with van der Waals surface area (Å²) in [7, 11) is 0. The van der Waals surface area contributed by atoms with Gasteiger partial charge in [-0.25, -0.2) is 9.29 Å². The average molecular weight is 416 g/mol. The molecule has 1 aliphatic rings. The van der Waals surface area contributed by atoms with Crippen molar-refractivity contribution in [3.8, 4) is 0 Å². The lowest BCUT2D eigenvalue weighted by Crippen LogP contribution is -2.39. The number of hydrogen-bond acceptors (Lipinski definition) is 5. The predicted octanol–water partition coefficient (Wildman–Crippen LogP) is 4.71. The molecule has 1 fully saturated rings. The number of nitrogens with zero attached hydrogens (tertiary/aromatic N) is 3. The van der Waals surface area contributed by atoms with Crippen LogP contribution in [-0.4, -0.2) is 24.4 Å². The Bertz CT molecular complexity index is 1100. The van der Waals surface area contributed by atoms with Crippen LogP contribution in [0.15, 0.2) is 89.1 Å². The molecule has 0 saturated carbocycles. The number of imide groups is 1. The van der Waals surface area contributed by atoms with Crippen molar-refractivity contribution in [3.63, 3.8) is 0 Å². The fourth-order valence-corrected chi connectivity index (χ4v) is 3.42. The number of carbonyl (C=O) groups excluding carboxylic acids is 2. The zero-order chi connectivity index (χ0) is 21.6. The number of amides is 2. The van der Waals surface area contributed by atoms with Gasteiger partial charge in [0.2, 0.25) is 5.91 Å². The summed E-state index contributed by atoms with van der Waals surface area (Å²) in [6.07, 6.45) is 0.511. The van der Waals surface area contributed by atoms with E-state index in [4.69, 9.17) is 0 Å². The number of anilines is 1. The van der Waals surface area contributed by atoms with Crippen LogP contribution < -0.4 is 10.2 Å². The fraction of sp³-hybridized carbons (Fsp3) is 0.167. The third-order valence-electron chi connectivity index (χ3n) is 5.03. The number of azo groups is 1. The van der Waals surface area contributed by atoms with E-state index in [1.165, 1.54) is 11.0 Å². The fourth-order valence-electron chi connectivity index (χ4n) is 3.42. The molecule has 1 atom stereocenters. The normalized spacial score (nSPS) is 16.4. The number of carbonyl (C=O) groups is 2. The second kappa shape index (κ2) is 9.40. The molecule has 1 saturated heterocycles. The van der Waals surface area contributed by atoms with Crippen molar-refractivity contribution in [2.45, 2.75) is 18.9 Å². The molecule has 1 unspecified atom stereocenters. The van der Waals surface area contributed by atoms with Gasteiger partial charge in [0.25, 0.3) is 5.91 Å². The molecule has 0 aromatic heterocycles. The Morgan fingerprint density at radius 3 is 2.23 bits per heavy atom. The van der Waals surface area contributed by atoms with Gasteiger partial charge in [-0.3, -0.25) is 9.59 Å². The van der Waals surface area contributed by atoms with Gasteiger partial charge in [-0.05, 0) is 54.4 Å². The van der Waals surface area contributed by atoms with E-state index in [9.17, 15) is 14.0 Å². The van der Waals surface area contributed by atoms with E-state index in [1.807, 2.05) is 30.3 Å². The van der Waals surface area contributed by atoms with Gasteiger partial charge < -0.3 is 5.32 Å². The highest BCUT2D eigenvalue weighted by Gasteiger charge is 2.39. The Balaban J connectivity index is 1.37. The first-order valence-electron chi connectivity index (χ1n) is 10.0. The molecule has 4 rings (SSSR count). The van der Waals surface area contributed by atoms with E-state index in [0.29, 0.717) is 29.9 Å². The lowest BCUT2D eigenvalue weighted by Gasteiger charge is -2.15. The highest BCUT2D eigenvalue weighted by atomic mass is 19.1. The third-order valence-corrected chi connectivity index (χ3v) is 5.03. The molecule has 3 aromatic carbocycles. The number of nitrogens with one attached hydrogen (secondary N) is 1. The molecule has 31 heavy (non-hydrogen) atoms. The molecule has 156 valence electrons. The Labute approximate surface area is 179 Å². The van der Waals surface area contributed by atoms with Crippen LogP contribution >= 0.6 is 0 Å². The van der Waals surface area contributed by atoms with E-state index in [2.05, 4.69) is 15.5 Å². The van der Waals surface area contributed by atoms with Crippen molar-refractivity contribution in [2.24, 2.45) is 10.2 Å². The molecule has 6 nitrogen and oxygen atoms in total. The van der Waals surface area contributed by atoms with Crippen molar-refractivity contribution < 1.29 is 14.0 Å². The van der Waals surface area contributed by atoms with Gasteiger partial charge in [0, 0.05) is 6.54 Å². The van der Waals surface area contributed by atoms with Gasteiger partial charge in [-0.15, -0.1) is 0 Å². The number of rotatable bonds is 7. The summed E-state index contributed by atoms with van der Waals surface area (Å²) in [4.78, 5) is 26.4. The smallest absolute Gasteiger partial charge is 0.251 e. The Morgan fingerprint density at radius 1 is 0.871 bits per heavy atom. The summed E-state index contributed by atoms with van der Waals surface area (Å²) in [5.41, 5.74) is 2.42. The van der Waals surface area contributed by atoms with E-state index in [0.717, 1.165) is 5.69 Å². The van der Waals surface area contributed by atoms with Gasteiger partial charge in [-0.2, -0.15) is 10.2 Å². The summed E-state index contributed by atoms with van der Waals surface area (Å²) in [6.45, 7) is 0.400. The minimum atomic E-state index is -0.614. The highest BCUT2D eigenvalue weighted by Crippen LogP contribution is 2.26. The van der Waals surface area contributed by atoms with Crippen LogP contribution in [0.4, 0.5) is 21.5 Å². The quantitative estimate of drug-likeness (QED) is 0.448. The van der Waals surface area contributed by atoms with Crippen molar-refractivity contribution >= 4 is 28.9 Å². The summed E-state index contributed by atoms with van der Waals surface area (Å²) in [6, 6.07) is 22.0. The van der Waals surface area contributed by atoms with Crippen molar-refractivity contribution in [2.75, 3.05) is 11.4 Å². The third kappa shape index (κ3) is 4.90. The largest absolute Gasteiger partial charge is 0.305 e. The van der Waals surface area contributed by atoms with Crippen LogP contribution in [-0.2, 0) is 16.0 Å². The van der Waals surface area contributed by atoms with Gasteiger partial charge in [0.15, 0.2) is 0 Å². The molecular formula is C24H21FN4O2. The van der Waals surface area contributed by atoms with Crippen LogP contribution in [0, 0.1) is 5.82 Å². The summed E-state index contributed by atoms with van der Waals surface area (Å²) in [5, 5.41) is 11.4. The molecular weight excluding hydrogens is 395 g/mol. The molecule has 3 aromatic rings. The van der Waals surface area contributed by atoms with Crippen molar-refractivity contribution in [3.05, 3.63) is 90.2 Å². The Kier molecular flexibility index (Phi) is 6.24. The topological polar surface area (TPSA) is 74.1 Å².